The maximum atomic E-state index is 7.99. The Balaban J connectivity index is 1.46. The van der Waals surface area contributed by atoms with Crippen molar-refractivity contribution in [3.63, 3.8) is 0 Å². The van der Waals surface area contributed by atoms with E-state index in [4.69, 9.17) is 20.3 Å². The van der Waals surface area contributed by atoms with Gasteiger partial charge in [0.15, 0.2) is 23.4 Å². The quantitative estimate of drug-likeness (QED) is 0.490. The lowest BCUT2D eigenvalue weighted by molar-refractivity contribution is 0.174. The molecule has 0 aliphatic carbocycles. The molecular weight excluding hydrogens is 282 g/mol. The summed E-state index contributed by atoms with van der Waals surface area (Å²) in [5, 5.41) is 21.7. The SMILES string of the molecule is N=C(NCc1ccc2c(c1)OCO2)NC(=N)N1CCCCC1. The monoisotopic (exact) mass is 303 g/mol. The molecule has 0 radical (unpaired) electrons. The van der Waals surface area contributed by atoms with Gasteiger partial charge in [0.1, 0.15) is 0 Å². The molecule has 0 spiro atoms. The molecule has 3 rings (SSSR count). The Hall–Kier alpha value is -2.44. The molecule has 2 heterocycles. The van der Waals surface area contributed by atoms with Crippen molar-refractivity contribution in [2.45, 2.75) is 25.8 Å². The van der Waals surface area contributed by atoms with Crippen molar-refractivity contribution >= 4 is 11.9 Å². The van der Waals surface area contributed by atoms with Gasteiger partial charge in [0.2, 0.25) is 6.79 Å². The number of hydrogen-bond acceptors (Lipinski definition) is 4. The van der Waals surface area contributed by atoms with E-state index in [-0.39, 0.29) is 12.8 Å². The summed E-state index contributed by atoms with van der Waals surface area (Å²) in [6, 6.07) is 5.70. The molecule has 0 amide bonds. The van der Waals surface area contributed by atoms with Gasteiger partial charge in [-0.2, -0.15) is 0 Å². The van der Waals surface area contributed by atoms with Crippen molar-refractivity contribution in [1.82, 2.24) is 15.5 Å². The summed E-state index contributed by atoms with van der Waals surface area (Å²) in [5.41, 5.74) is 1.00. The second-order valence-corrected chi connectivity index (χ2v) is 5.44. The van der Waals surface area contributed by atoms with Crippen molar-refractivity contribution in [3.8, 4) is 11.5 Å². The van der Waals surface area contributed by atoms with Gasteiger partial charge in [0, 0.05) is 19.6 Å². The van der Waals surface area contributed by atoms with Crippen LogP contribution in [0.2, 0.25) is 0 Å². The lowest BCUT2D eigenvalue weighted by Gasteiger charge is -2.29. The van der Waals surface area contributed by atoms with E-state index >= 15 is 0 Å². The smallest absolute Gasteiger partial charge is 0.231 e. The first-order valence-electron chi connectivity index (χ1n) is 7.54. The number of rotatable bonds is 2. The van der Waals surface area contributed by atoms with Crippen LogP contribution >= 0.6 is 0 Å². The zero-order chi connectivity index (χ0) is 15.4. The maximum Gasteiger partial charge on any atom is 0.231 e. The van der Waals surface area contributed by atoms with Gasteiger partial charge >= 0.3 is 0 Å². The van der Waals surface area contributed by atoms with Crippen LogP contribution in [0, 0.1) is 10.8 Å². The fourth-order valence-corrected chi connectivity index (χ4v) is 2.60. The van der Waals surface area contributed by atoms with Gasteiger partial charge in [-0.1, -0.05) is 6.07 Å². The average Bonchev–Trinajstić information content (AvgIpc) is 3.01. The Morgan fingerprint density at radius 2 is 1.86 bits per heavy atom. The molecule has 1 saturated heterocycles. The maximum absolute atomic E-state index is 7.99. The number of ether oxygens (including phenoxy) is 2. The van der Waals surface area contributed by atoms with Crippen molar-refractivity contribution in [2.75, 3.05) is 19.9 Å². The molecule has 0 bridgehead atoms. The highest BCUT2D eigenvalue weighted by atomic mass is 16.7. The number of nitrogens with zero attached hydrogens (tertiary/aromatic N) is 1. The summed E-state index contributed by atoms with van der Waals surface area (Å²) in [7, 11) is 0. The van der Waals surface area contributed by atoms with Crippen molar-refractivity contribution in [3.05, 3.63) is 23.8 Å². The summed E-state index contributed by atoms with van der Waals surface area (Å²) >= 11 is 0. The molecule has 22 heavy (non-hydrogen) atoms. The molecule has 0 aromatic heterocycles. The minimum absolute atomic E-state index is 0.133. The number of guanidine groups is 2. The van der Waals surface area contributed by atoms with Gasteiger partial charge in [-0.3, -0.25) is 16.1 Å². The van der Waals surface area contributed by atoms with Gasteiger partial charge < -0.3 is 19.7 Å². The predicted octanol–water partition coefficient (Wildman–Crippen LogP) is 1.45. The summed E-state index contributed by atoms with van der Waals surface area (Å²) in [6.07, 6.45) is 3.45. The zero-order valence-electron chi connectivity index (χ0n) is 12.4. The molecule has 0 unspecified atom stereocenters. The fourth-order valence-electron chi connectivity index (χ4n) is 2.60. The van der Waals surface area contributed by atoms with Crippen LogP contribution in [0.3, 0.4) is 0 Å². The summed E-state index contributed by atoms with van der Waals surface area (Å²) in [5.74, 6) is 1.92. The van der Waals surface area contributed by atoms with Gasteiger partial charge in [-0.15, -0.1) is 0 Å². The zero-order valence-corrected chi connectivity index (χ0v) is 12.4. The Morgan fingerprint density at radius 1 is 1.09 bits per heavy atom. The summed E-state index contributed by atoms with van der Waals surface area (Å²) in [6.45, 7) is 2.54. The lowest BCUT2D eigenvalue weighted by atomic mass is 10.1. The van der Waals surface area contributed by atoms with E-state index in [1.165, 1.54) is 6.42 Å². The number of fused-ring (bicyclic) bond motifs is 1. The first kappa shape index (κ1) is 14.5. The third kappa shape index (κ3) is 3.41. The highest BCUT2D eigenvalue weighted by Crippen LogP contribution is 2.32. The van der Waals surface area contributed by atoms with Gasteiger partial charge in [0.25, 0.3) is 0 Å². The van der Waals surface area contributed by atoms with E-state index in [1.54, 1.807) is 0 Å². The van der Waals surface area contributed by atoms with E-state index in [0.29, 0.717) is 12.5 Å². The van der Waals surface area contributed by atoms with Crippen molar-refractivity contribution in [1.29, 1.82) is 10.8 Å². The summed E-state index contributed by atoms with van der Waals surface area (Å²) in [4.78, 5) is 1.97. The van der Waals surface area contributed by atoms with Crippen LogP contribution in [0.15, 0.2) is 18.2 Å². The molecule has 0 atom stereocenters. The third-order valence-electron chi connectivity index (χ3n) is 3.82. The van der Waals surface area contributed by atoms with E-state index < -0.39 is 0 Å². The van der Waals surface area contributed by atoms with Crippen molar-refractivity contribution in [2.24, 2.45) is 0 Å². The number of piperidine rings is 1. The molecule has 1 aromatic rings. The lowest BCUT2D eigenvalue weighted by Crippen LogP contribution is -2.49. The molecular formula is C15H21N5O2. The van der Waals surface area contributed by atoms with Gasteiger partial charge in [-0.05, 0) is 37.0 Å². The first-order valence-corrected chi connectivity index (χ1v) is 7.54. The van der Waals surface area contributed by atoms with Gasteiger partial charge in [-0.25, -0.2) is 0 Å². The number of likely N-dealkylation sites (tertiary alicyclic amines) is 1. The largest absolute Gasteiger partial charge is 0.454 e. The number of hydrogen-bond donors (Lipinski definition) is 4. The van der Waals surface area contributed by atoms with Crippen LogP contribution in [-0.4, -0.2) is 36.7 Å². The second kappa shape index (κ2) is 6.55. The predicted molar refractivity (Wildman–Crippen MR) is 83.4 cm³/mol. The van der Waals surface area contributed by atoms with Crippen LogP contribution in [-0.2, 0) is 6.54 Å². The Kier molecular flexibility index (Phi) is 4.32. The first-order chi connectivity index (χ1) is 10.7. The average molecular weight is 303 g/mol. The number of nitrogens with one attached hydrogen (secondary N) is 4. The topological polar surface area (TPSA) is 93.5 Å². The number of benzene rings is 1. The molecule has 1 fully saturated rings. The Morgan fingerprint density at radius 3 is 2.68 bits per heavy atom. The van der Waals surface area contributed by atoms with Crippen LogP contribution in [0.1, 0.15) is 24.8 Å². The van der Waals surface area contributed by atoms with Crippen LogP contribution in [0.25, 0.3) is 0 Å². The molecule has 1 aromatic carbocycles. The van der Waals surface area contributed by atoms with E-state index in [0.717, 1.165) is 43.0 Å². The van der Waals surface area contributed by atoms with Gasteiger partial charge in [0.05, 0.1) is 0 Å². The molecule has 0 saturated carbocycles. The molecule has 2 aliphatic rings. The second-order valence-electron chi connectivity index (χ2n) is 5.44. The molecule has 7 heteroatoms. The Labute approximate surface area is 129 Å². The Bertz CT molecular complexity index is 569. The van der Waals surface area contributed by atoms with Crippen LogP contribution < -0.4 is 20.1 Å². The van der Waals surface area contributed by atoms with E-state index in [1.807, 2.05) is 23.1 Å². The minimum atomic E-state index is 0.133. The third-order valence-corrected chi connectivity index (χ3v) is 3.82. The van der Waals surface area contributed by atoms with Crippen LogP contribution in [0.4, 0.5) is 0 Å². The van der Waals surface area contributed by atoms with E-state index in [9.17, 15) is 0 Å². The molecule has 2 aliphatic heterocycles. The highest BCUT2D eigenvalue weighted by Gasteiger charge is 2.15. The fraction of sp³-hybridized carbons (Fsp3) is 0.467. The van der Waals surface area contributed by atoms with E-state index in [2.05, 4.69) is 10.6 Å². The highest BCUT2D eigenvalue weighted by molar-refractivity contribution is 5.95. The molecule has 118 valence electrons. The molecule has 7 nitrogen and oxygen atoms in total. The minimum Gasteiger partial charge on any atom is -0.454 e. The van der Waals surface area contributed by atoms with Crippen LogP contribution in [0.5, 0.6) is 11.5 Å². The molecule has 4 N–H and O–H groups in total. The summed E-state index contributed by atoms with van der Waals surface area (Å²) < 4.78 is 10.6. The van der Waals surface area contributed by atoms with Crippen molar-refractivity contribution < 1.29 is 9.47 Å². The normalized spacial score (nSPS) is 16.3. The standard InChI is InChI=1S/C15H21N5O2/c16-14(19-15(17)20-6-2-1-3-7-20)18-9-11-4-5-12-13(8-11)22-10-21-12/h4-5,8H,1-3,6-7,9-10H2,(H4,16,17,18,19).